The number of rotatable bonds is 7. The van der Waals surface area contributed by atoms with Gasteiger partial charge in [0.15, 0.2) is 0 Å². The van der Waals surface area contributed by atoms with Crippen molar-refractivity contribution in [2.45, 2.75) is 32.4 Å². The lowest BCUT2D eigenvalue weighted by Gasteiger charge is -2.23. The molecule has 0 rings (SSSR count). The van der Waals surface area contributed by atoms with Gasteiger partial charge in [0.25, 0.3) is 0 Å². The zero-order valence-corrected chi connectivity index (χ0v) is 10.2. The minimum Gasteiger partial charge on any atom is -0.394 e. The van der Waals surface area contributed by atoms with Crippen LogP contribution >= 0.6 is 0 Å². The highest BCUT2D eigenvalue weighted by atomic mass is 16.3. The molecule has 0 bridgehead atoms. The van der Waals surface area contributed by atoms with Crippen LogP contribution in [-0.4, -0.2) is 55.2 Å². The molecule has 0 heterocycles. The van der Waals surface area contributed by atoms with Gasteiger partial charge in [0.1, 0.15) is 0 Å². The second kappa shape index (κ2) is 7.62. The van der Waals surface area contributed by atoms with E-state index >= 15 is 0 Å². The Hall–Kier alpha value is -0.650. The molecule has 0 saturated carbocycles. The van der Waals surface area contributed by atoms with Crippen LogP contribution in [0.1, 0.15) is 20.3 Å². The summed E-state index contributed by atoms with van der Waals surface area (Å²) in [6, 6.07) is 0.317. The van der Waals surface area contributed by atoms with E-state index in [1.54, 1.807) is 5.01 Å². The Balaban J connectivity index is 4.20. The molecule has 0 aliphatic heterocycles. The van der Waals surface area contributed by atoms with Gasteiger partial charge < -0.3 is 16.2 Å². The number of nitrogens with one attached hydrogen (secondary N) is 1. The Kier molecular flexibility index (Phi) is 7.29. The number of aliphatic hydroxyl groups is 1. The predicted octanol–water partition coefficient (Wildman–Crippen LogP) is -0.388. The number of hydrogen-bond donors (Lipinski definition) is 3. The van der Waals surface area contributed by atoms with E-state index in [1.807, 2.05) is 21.0 Å². The Morgan fingerprint density at radius 1 is 1.60 bits per heavy atom. The minimum absolute atomic E-state index is 0.0331. The average Bonchev–Trinajstić information content (AvgIpc) is 2.19. The Bertz CT molecular complexity index is 192. The number of hydrogen-bond acceptors (Lipinski definition) is 5. The van der Waals surface area contributed by atoms with Crippen LogP contribution in [0.3, 0.4) is 0 Å². The van der Waals surface area contributed by atoms with E-state index in [0.717, 1.165) is 12.1 Å². The lowest BCUT2D eigenvalue weighted by atomic mass is 10.2. The van der Waals surface area contributed by atoms with Gasteiger partial charge in [-0.15, -0.1) is 0 Å². The molecular formula is C10H24N4O. The van der Waals surface area contributed by atoms with Crippen molar-refractivity contribution < 1.29 is 5.11 Å². The molecule has 2 atom stereocenters. The van der Waals surface area contributed by atoms with Gasteiger partial charge in [0, 0.05) is 31.8 Å². The van der Waals surface area contributed by atoms with Crippen molar-refractivity contribution in [1.29, 1.82) is 0 Å². The second-order valence-electron chi connectivity index (χ2n) is 3.87. The monoisotopic (exact) mass is 216 g/mol. The third kappa shape index (κ3) is 5.71. The van der Waals surface area contributed by atoms with E-state index in [-0.39, 0.29) is 12.6 Å². The zero-order valence-electron chi connectivity index (χ0n) is 10.2. The van der Waals surface area contributed by atoms with Gasteiger partial charge in [-0.25, -0.2) is 0 Å². The molecule has 0 fully saturated rings. The molecular weight excluding hydrogens is 192 g/mol. The van der Waals surface area contributed by atoms with E-state index in [0.29, 0.717) is 12.6 Å². The Labute approximate surface area is 92.3 Å². The second-order valence-corrected chi connectivity index (χ2v) is 3.87. The van der Waals surface area contributed by atoms with E-state index < -0.39 is 0 Å². The van der Waals surface area contributed by atoms with Crippen molar-refractivity contribution >= 4 is 5.71 Å². The molecule has 4 N–H and O–H groups in total. The Morgan fingerprint density at radius 2 is 2.20 bits per heavy atom. The summed E-state index contributed by atoms with van der Waals surface area (Å²) in [7, 11) is 3.76. The fraction of sp³-hybridized carbons (Fsp3) is 0.900. The van der Waals surface area contributed by atoms with Gasteiger partial charge >= 0.3 is 0 Å². The molecule has 0 aliphatic carbocycles. The van der Waals surface area contributed by atoms with Crippen molar-refractivity contribution in [1.82, 2.24) is 10.3 Å². The molecule has 0 aromatic heterocycles. The summed E-state index contributed by atoms with van der Waals surface area (Å²) in [5, 5.41) is 18.3. The molecule has 0 amide bonds. The maximum Gasteiger partial charge on any atom is 0.0820 e. The van der Waals surface area contributed by atoms with Gasteiger partial charge in [0.05, 0.1) is 12.6 Å². The summed E-state index contributed by atoms with van der Waals surface area (Å²) >= 11 is 0. The molecule has 90 valence electrons. The SMILES string of the molecule is CN[C@H](C)C/C(C)=N/N(C)[C@@H](CN)CO. The number of likely N-dealkylation sites (N-methyl/N-ethyl adjacent to an activating group) is 1. The quantitative estimate of drug-likeness (QED) is 0.400. The van der Waals surface area contributed by atoms with Crippen LogP contribution < -0.4 is 11.1 Å². The van der Waals surface area contributed by atoms with Gasteiger partial charge in [0.2, 0.25) is 0 Å². The fourth-order valence-corrected chi connectivity index (χ4v) is 1.28. The maximum atomic E-state index is 9.03. The average molecular weight is 216 g/mol. The molecule has 0 aliphatic rings. The molecule has 0 spiro atoms. The molecule has 0 unspecified atom stereocenters. The van der Waals surface area contributed by atoms with Gasteiger partial charge in [-0.05, 0) is 20.9 Å². The molecule has 5 nitrogen and oxygen atoms in total. The standard InChI is InChI=1S/C10H24N4O/c1-8(12-3)5-9(2)13-14(4)10(6-11)7-15/h8,10,12,15H,5-7,11H2,1-4H3/b13-9+/t8-,10+/m1/s1. The van der Waals surface area contributed by atoms with Crippen LogP contribution in [-0.2, 0) is 0 Å². The normalized spacial score (nSPS) is 16.3. The van der Waals surface area contributed by atoms with Crippen molar-refractivity contribution in [3.05, 3.63) is 0 Å². The number of aliphatic hydroxyl groups excluding tert-OH is 1. The summed E-state index contributed by atoms with van der Waals surface area (Å²) in [5.41, 5.74) is 6.54. The number of nitrogens with two attached hydrogens (primary N) is 1. The first kappa shape index (κ1) is 14.3. The lowest BCUT2D eigenvalue weighted by molar-refractivity contribution is 0.155. The zero-order chi connectivity index (χ0) is 11.8. The van der Waals surface area contributed by atoms with Crippen molar-refractivity contribution in [3.8, 4) is 0 Å². The predicted molar refractivity (Wildman–Crippen MR) is 63.9 cm³/mol. The highest BCUT2D eigenvalue weighted by molar-refractivity contribution is 5.82. The third-order valence-electron chi connectivity index (χ3n) is 2.43. The number of hydrazone groups is 1. The minimum atomic E-state index is -0.0927. The first-order valence-electron chi connectivity index (χ1n) is 5.30. The largest absolute Gasteiger partial charge is 0.394 e. The van der Waals surface area contributed by atoms with E-state index in [9.17, 15) is 0 Å². The summed E-state index contributed by atoms with van der Waals surface area (Å²) in [5.74, 6) is 0. The van der Waals surface area contributed by atoms with Crippen molar-refractivity contribution in [3.63, 3.8) is 0 Å². The summed E-state index contributed by atoms with van der Waals surface area (Å²) < 4.78 is 0. The molecule has 5 heteroatoms. The topological polar surface area (TPSA) is 73.9 Å². The summed E-state index contributed by atoms with van der Waals surface area (Å²) in [4.78, 5) is 0. The lowest BCUT2D eigenvalue weighted by Crippen LogP contribution is -2.38. The molecule has 0 aromatic carbocycles. The molecule has 15 heavy (non-hydrogen) atoms. The third-order valence-corrected chi connectivity index (χ3v) is 2.43. The first-order chi connectivity index (χ1) is 7.04. The molecule has 0 radical (unpaired) electrons. The van der Waals surface area contributed by atoms with Crippen LogP contribution in [0.4, 0.5) is 0 Å². The van der Waals surface area contributed by atoms with Crippen LogP contribution in [0.5, 0.6) is 0 Å². The van der Waals surface area contributed by atoms with E-state index in [4.69, 9.17) is 10.8 Å². The highest BCUT2D eigenvalue weighted by Gasteiger charge is 2.10. The molecule has 0 aromatic rings. The van der Waals surface area contributed by atoms with Gasteiger partial charge in [-0.3, -0.25) is 5.01 Å². The highest BCUT2D eigenvalue weighted by Crippen LogP contribution is 1.99. The smallest absolute Gasteiger partial charge is 0.0820 e. The molecule has 0 saturated heterocycles. The van der Waals surface area contributed by atoms with Crippen molar-refractivity contribution in [2.75, 3.05) is 27.2 Å². The summed E-state index contributed by atoms with van der Waals surface area (Å²) in [6.45, 7) is 4.53. The summed E-state index contributed by atoms with van der Waals surface area (Å²) in [6.07, 6.45) is 0.892. The van der Waals surface area contributed by atoms with Crippen molar-refractivity contribution in [2.24, 2.45) is 10.8 Å². The van der Waals surface area contributed by atoms with Crippen LogP contribution in [0, 0.1) is 0 Å². The van der Waals surface area contributed by atoms with Crippen LogP contribution in [0.15, 0.2) is 5.10 Å². The Morgan fingerprint density at radius 3 is 2.60 bits per heavy atom. The van der Waals surface area contributed by atoms with Crippen LogP contribution in [0.2, 0.25) is 0 Å². The number of nitrogens with zero attached hydrogens (tertiary/aromatic N) is 2. The van der Waals surface area contributed by atoms with Gasteiger partial charge in [-0.1, -0.05) is 0 Å². The maximum absolute atomic E-state index is 9.03. The van der Waals surface area contributed by atoms with E-state index in [2.05, 4.69) is 17.3 Å². The first-order valence-corrected chi connectivity index (χ1v) is 5.30. The van der Waals surface area contributed by atoms with E-state index in [1.165, 1.54) is 0 Å². The van der Waals surface area contributed by atoms with Crippen LogP contribution in [0.25, 0.3) is 0 Å². The van der Waals surface area contributed by atoms with Gasteiger partial charge in [-0.2, -0.15) is 5.10 Å². The fourth-order valence-electron chi connectivity index (χ4n) is 1.28.